The van der Waals surface area contributed by atoms with Crippen molar-refractivity contribution >= 4 is 18.6 Å². The zero-order valence-electron chi connectivity index (χ0n) is 12.6. The van der Waals surface area contributed by atoms with Gasteiger partial charge in [-0.15, -0.1) is 6.42 Å². The second kappa shape index (κ2) is 6.69. The number of rotatable bonds is 5. The number of fused-ring (bicyclic) bond motifs is 1. The summed E-state index contributed by atoms with van der Waals surface area (Å²) in [7, 11) is -4.65. The monoisotopic (exact) mass is 338 g/mol. The zero-order chi connectivity index (χ0) is 17.2. The average Bonchev–Trinajstić information content (AvgIpc) is 2.44. The van der Waals surface area contributed by atoms with Crippen molar-refractivity contribution in [2.75, 3.05) is 0 Å². The van der Waals surface area contributed by atoms with Gasteiger partial charge in [0.1, 0.15) is 11.6 Å². The van der Waals surface area contributed by atoms with E-state index in [9.17, 15) is 8.96 Å². The molecule has 2 aromatic carbocycles. The van der Waals surface area contributed by atoms with E-state index in [2.05, 4.69) is 10.4 Å². The van der Waals surface area contributed by atoms with E-state index in [-0.39, 0.29) is 5.56 Å². The van der Waals surface area contributed by atoms with Gasteiger partial charge in [0.15, 0.2) is 0 Å². The molecule has 2 rings (SSSR count). The van der Waals surface area contributed by atoms with Crippen molar-refractivity contribution in [2.45, 2.75) is 26.6 Å². The predicted octanol–water partition coefficient (Wildman–Crippen LogP) is 3.36. The molecule has 0 heterocycles. The molecule has 23 heavy (non-hydrogen) atoms. The molecule has 0 saturated heterocycles. The molecule has 0 saturated carbocycles. The number of phosphoric ester groups is 1. The molecule has 2 N–H and O–H groups in total. The van der Waals surface area contributed by atoms with E-state index in [1.165, 1.54) is 13.0 Å². The molecule has 7 heteroatoms. The Kier molecular flexibility index (Phi) is 5.08. The van der Waals surface area contributed by atoms with Gasteiger partial charge in [-0.1, -0.05) is 18.9 Å². The molecule has 5 nitrogen and oxygen atoms in total. The van der Waals surface area contributed by atoms with Gasteiger partial charge in [-0.3, -0.25) is 0 Å². The molecule has 2 aromatic rings. The van der Waals surface area contributed by atoms with Crippen LogP contribution in [0.3, 0.4) is 0 Å². The summed E-state index contributed by atoms with van der Waals surface area (Å²) in [5.41, 5.74) is 0.957. The molecule has 0 aromatic heterocycles. The minimum atomic E-state index is -4.65. The first-order valence-electron chi connectivity index (χ1n) is 6.87. The average molecular weight is 338 g/mol. The van der Waals surface area contributed by atoms with Crippen LogP contribution in [0.2, 0.25) is 0 Å². The summed E-state index contributed by atoms with van der Waals surface area (Å²) in [6.07, 6.45) is 4.84. The number of phosphoric acid groups is 1. The van der Waals surface area contributed by atoms with Crippen molar-refractivity contribution in [3.8, 4) is 18.1 Å². The molecule has 122 valence electrons. The van der Waals surface area contributed by atoms with Gasteiger partial charge in [0.05, 0.1) is 5.56 Å². The normalized spacial score (nSPS) is 12.9. The Morgan fingerprint density at radius 2 is 2.09 bits per heavy atom. The molecule has 0 fully saturated rings. The molecule has 1 atom stereocenters. The third kappa shape index (κ3) is 4.10. The smallest absolute Gasteiger partial charge is 0.465 e. The topological polar surface area (TPSA) is 76.0 Å². The van der Waals surface area contributed by atoms with E-state index in [1.807, 2.05) is 6.92 Å². The fourth-order valence-corrected chi connectivity index (χ4v) is 2.82. The van der Waals surface area contributed by atoms with E-state index in [0.29, 0.717) is 22.9 Å². The van der Waals surface area contributed by atoms with Crippen molar-refractivity contribution in [1.29, 1.82) is 0 Å². The van der Waals surface area contributed by atoms with Crippen LogP contribution in [0.1, 0.15) is 25.0 Å². The van der Waals surface area contributed by atoms with E-state index in [4.69, 9.17) is 20.9 Å². The first-order valence-corrected chi connectivity index (χ1v) is 8.40. The highest BCUT2D eigenvalue weighted by Gasteiger charge is 2.20. The van der Waals surface area contributed by atoms with Crippen LogP contribution in [0.25, 0.3) is 10.8 Å². The molecule has 0 radical (unpaired) electrons. The standard InChI is InChI=1S/C16H16FO5P/c1-4-11-8-13(21-10(3)22-23(18,19)20)9-12-6-7-15(17)14(5-2)16(11)12/h2,6-10H,4H2,1,3H3,(H2,18,19,20). The van der Waals surface area contributed by atoms with Gasteiger partial charge in [-0.25, -0.2) is 13.5 Å². The van der Waals surface area contributed by atoms with Crippen LogP contribution in [0.5, 0.6) is 5.75 Å². The number of terminal acetylenes is 1. The summed E-state index contributed by atoms with van der Waals surface area (Å²) < 4.78 is 34.5. The highest BCUT2D eigenvalue weighted by Crippen LogP contribution is 2.38. The van der Waals surface area contributed by atoms with Crippen molar-refractivity contribution in [2.24, 2.45) is 0 Å². The van der Waals surface area contributed by atoms with Crippen molar-refractivity contribution < 1.29 is 28.0 Å². The SMILES string of the molecule is C#Cc1c(F)ccc2cc(OC(C)OP(=O)(O)O)cc(CC)c12. The number of ether oxygens (including phenoxy) is 1. The lowest BCUT2D eigenvalue weighted by Crippen LogP contribution is -2.14. The number of hydrogen-bond donors (Lipinski definition) is 2. The van der Waals surface area contributed by atoms with Crippen molar-refractivity contribution in [1.82, 2.24) is 0 Å². The Labute approximate surface area is 133 Å². The Balaban J connectivity index is 2.47. The van der Waals surface area contributed by atoms with Crippen LogP contribution in [0, 0.1) is 18.2 Å². The van der Waals surface area contributed by atoms with Crippen LogP contribution >= 0.6 is 7.82 Å². The number of halogens is 1. The first-order chi connectivity index (χ1) is 10.7. The van der Waals surface area contributed by atoms with Crippen molar-refractivity contribution in [3.63, 3.8) is 0 Å². The molecular formula is C16H16FO5P. The van der Waals surface area contributed by atoms with Crippen LogP contribution in [0.15, 0.2) is 24.3 Å². The predicted molar refractivity (Wildman–Crippen MR) is 84.4 cm³/mol. The Morgan fingerprint density at radius 1 is 1.39 bits per heavy atom. The van der Waals surface area contributed by atoms with Gasteiger partial charge in [-0.2, -0.15) is 0 Å². The lowest BCUT2D eigenvalue weighted by Gasteiger charge is -2.17. The molecule has 0 aliphatic rings. The second-order valence-corrected chi connectivity index (χ2v) is 6.07. The first kappa shape index (κ1) is 17.5. The van der Waals surface area contributed by atoms with Gasteiger partial charge in [-0.05, 0) is 42.5 Å². The maximum Gasteiger partial charge on any atom is 0.472 e. The molecule has 0 aliphatic carbocycles. The molecule has 1 unspecified atom stereocenters. The molecular weight excluding hydrogens is 322 g/mol. The van der Waals surface area contributed by atoms with E-state index >= 15 is 0 Å². The van der Waals surface area contributed by atoms with Crippen molar-refractivity contribution in [3.05, 3.63) is 41.2 Å². The minimum absolute atomic E-state index is 0.186. The summed E-state index contributed by atoms with van der Waals surface area (Å²) in [6.45, 7) is 3.26. The lowest BCUT2D eigenvalue weighted by atomic mass is 9.97. The Hall–Kier alpha value is -1.90. The van der Waals surface area contributed by atoms with Crippen LogP contribution in [-0.4, -0.2) is 16.1 Å². The Bertz CT molecular complexity index is 821. The highest BCUT2D eigenvalue weighted by molar-refractivity contribution is 7.46. The molecule has 0 aliphatic heterocycles. The minimum Gasteiger partial charge on any atom is -0.465 e. The summed E-state index contributed by atoms with van der Waals surface area (Å²) in [6, 6.07) is 6.12. The van der Waals surface area contributed by atoms with Crippen LogP contribution in [0.4, 0.5) is 4.39 Å². The van der Waals surface area contributed by atoms with Gasteiger partial charge < -0.3 is 14.5 Å². The number of aryl methyl sites for hydroxylation is 1. The molecule has 0 spiro atoms. The van der Waals surface area contributed by atoms with Gasteiger partial charge in [0, 0.05) is 5.39 Å². The number of benzene rings is 2. The second-order valence-electron chi connectivity index (χ2n) is 4.88. The summed E-state index contributed by atoms with van der Waals surface area (Å²) in [5, 5.41) is 1.31. The summed E-state index contributed by atoms with van der Waals surface area (Å²) in [5.74, 6) is 2.24. The fraction of sp³-hybridized carbons (Fsp3) is 0.250. The van der Waals surface area contributed by atoms with E-state index < -0.39 is 19.9 Å². The van der Waals surface area contributed by atoms with E-state index in [0.717, 1.165) is 5.56 Å². The maximum absolute atomic E-state index is 13.9. The lowest BCUT2D eigenvalue weighted by molar-refractivity contribution is -0.000772. The molecule has 0 bridgehead atoms. The van der Waals surface area contributed by atoms with Gasteiger partial charge in [0.2, 0.25) is 6.29 Å². The fourth-order valence-electron chi connectivity index (χ4n) is 2.39. The van der Waals surface area contributed by atoms with E-state index in [1.54, 1.807) is 18.2 Å². The van der Waals surface area contributed by atoms with Gasteiger partial charge in [0.25, 0.3) is 0 Å². The zero-order valence-corrected chi connectivity index (χ0v) is 13.5. The van der Waals surface area contributed by atoms with Crippen LogP contribution in [-0.2, 0) is 15.5 Å². The maximum atomic E-state index is 13.9. The third-order valence-corrected chi connectivity index (χ3v) is 3.81. The number of hydrogen-bond acceptors (Lipinski definition) is 3. The highest BCUT2D eigenvalue weighted by atomic mass is 31.2. The molecule has 0 amide bonds. The quantitative estimate of drug-likeness (QED) is 0.497. The van der Waals surface area contributed by atoms with Crippen LogP contribution < -0.4 is 4.74 Å². The summed E-state index contributed by atoms with van der Waals surface area (Å²) >= 11 is 0. The largest absolute Gasteiger partial charge is 0.472 e. The third-order valence-electron chi connectivity index (χ3n) is 3.24. The summed E-state index contributed by atoms with van der Waals surface area (Å²) in [4.78, 5) is 17.6. The van der Waals surface area contributed by atoms with Gasteiger partial charge >= 0.3 is 7.82 Å². The Morgan fingerprint density at radius 3 is 2.65 bits per heavy atom.